The van der Waals surface area contributed by atoms with E-state index in [9.17, 15) is 24.2 Å². The lowest BCUT2D eigenvalue weighted by atomic mass is 10.0. The SMILES string of the molecule is CCCCCCC=CCCCCCCCC(=O)O[C@@H](COC(=O)CCCCCCCCCCCCCCC)COP(=O)(O)OC[C@H](O)CO. The first-order chi connectivity index (χ1) is 23.7. The summed E-state index contributed by atoms with van der Waals surface area (Å²) in [4.78, 5) is 34.8. The molecule has 0 aromatic rings. The molecule has 0 aliphatic rings. The van der Waals surface area contributed by atoms with E-state index >= 15 is 0 Å². The first-order valence-electron chi connectivity index (χ1n) is 19.6. The van der Waals surface area contributed by atoms with Crippen LogP contribution < -0.4 is 0 Å². The van der Waals surface area contributed by atoms with Crippen molar-refractivity contribution in [2.45, 2.75) is 193 Å². The van der Waals surface area contributed by atoms with Crippen LogP contribution in [0.1, 0.15) is 181 Å². The Balaban J connectivity index is 4.35. The molecule has 10 nitrogen and oxygen atoms in total. The summed E-state index contributed by atoms with van der Waals surface area (Å²) in [5.41, 5.74) is 0. The number of phosphoric ester groups is 1. The molecule has 0 amide bonds. The van der Waals surface area contributed by atoms with Crippen LogP contribution in [0.2, 0.25) is 0 Å². The van der Waals surface area contributed by atoms with Gasteiger partial charge in [0.25, 0.3) is 0 Å². The van der Waals surface area contributed by atoms with Crippen LogP contribution in [0, 0.1) is 0 Å². The highest BCUT2D eigenvalue weighted by Crippen LogP contribution is 2.43. The maximum absolute atomic E-state index is 12.5. The van der Waals surface area contributed by atoms with Crippen molar-refractivity contribution < 1.29 is 47.8 Å². The third-order valence-electron chi connectivity index (χ3n) is 8.42. The number of hydrogen-bond donors (Lipinski definition) is 3. The minimum absolute atomic E-state index is 0.178. The summed E-state index contributed by atoms with van der Waals surface area (Å²) < 4.78 is 32.6. The monoisotopic (exact) mass is 720 g/mol. The van der Waals surface area contributed by atoms with E-state index in [1.807, 2.05) is 0 Å². The molecule has 0 radical (unpaired) electrons. The fourth-order valence-electron chi connectivity index (χ4n) is 5.34. The van der Waals surface area contributed by atoms with Gasteiger partial charge in [-0.25, -0.2) is 4.57 Å². The Kier molecular flexibility index (Phi) is 34.2. The maximum atomic E-state index is 12.5. The summed E-state index contributed by atoms with van der Waals surface area (Å²) in [6.07, 6.45) is 30.3. The molecule has 0 aliphatic carbocycles. The van der Waals surface area contributed by atoms with Crippen LogP contribution in [0.15, 0.2) is 12.2 Å². The zero-order chi connectivity index (χ0) is 36.3. The van der Waals surface area contributed by atoms with E-state index in [1.165, 1.54) is 83.5 Å². The third-order valence-corrected chi connectivity index (χ3v) is 9.37. The lowest BCUT2D eigenvalue weighted by Crippen LogP contribution is -2.29. The number of hydrogen-bond acceptors (Lipinski definition) is 9. The number of rotatable bonds is 37. The highest BCUT2D eigenvalue weighted by Gasteiger charge is 2.27. The lowest BCUT2D eigenvalue weighted by Gasteiger charge is -2.20. The van der Waals surface area contributed by atoms with Crippen molar-refractivity contribution in [1.29, 1.82) is 0 Å². The molecule has 0 bridgehead atoms. The number of allylic oxidation sites excluding steroid dienone is 2. The second-order valence-corrected chi connectivity index (χ2v) is 14.8. The van der Waals surface area contributed by atoms with Crippen LogP contribution in [-0.2, 0) is 32.7 Å². The molecule has 1 unspecified atom stereocenters. The van der Waals surface area contributed by atoms with Gasteiger partial charge in [0.2, 0.25) is 0 Å². The second kappa shape index (κ2) is 35.1. The van der Waals surface area contributed by atoms with E-state index in [0.717, 1.165) is 57.8 Å². The van der Waals surface area contributed by atoms with Crippen LogP contribution >= 0.6 is 7.82 Å². The van der Waals surface area contributed by atoms with Crippen molar-refractivity contribution in [1.82, 2.24) is 0 Å². The summed E-state index contributed by atoms with van der Waals surface area (Å²) in [7, 11) is -4.61. The molecule has 0 rings (SSSR count). The zero-order valence-electron chi connectivity index (χ0n) is 31.2. The minimum atomic E-state index is -4.61. The Labute approximate surface area is 298 Å². The molecule has 0 fully saturated rings. The van der Waals surface area contributed by atoms with E-state index in [-0.39, 0.29) is 19.4 Å². The van der Waals surface area contributed by atoms with E-state index in [4.69, 9.17) is 19.1 Å². The lowest BCUT2D eigenvalue weighted by molar-refractivity contribution is -0.161. The Morgan fingerprint density at radius 2 is 1.00 bits per heavy atom. The number of aliphatic hydroxyl groups is 2. The molecule has 0 aromatic carbocycles. The topological polar surface area (TPSA) is 149 Å². The Hall–Kier alpha value is -1.29. The van der Waals surface area contributed by atoms with Gasteiger partial charge in [0.1, 0.15) is 12.7 Å². The second-order valence-electron chi connectivity index (χ2n) is 13.3. The number of phosphoric acid groups is 1. The van der Waals surface area contributed by atoms with Crippen LogP contribution in [0.3, 0.4) is 0 Å². The van der Waals surface area contributed by atoms with Crippen molar-refractivity contribution in [3.63, 3.8) is 0 Å². The molecular weight excluding hydrogens is 647 g/mol. The molecule has 0 spiro atoms. The van der Waals surface area contributed by atoms with Crippen LogP contribution in [-0.4, -0.2) is 65.7 Å². The molecule has 0 aliphatic heterocycles. The molecule has 0 aromatic heterocycles. The predicted octanol–water partition coefficient (Wildman–Crippen LogP) is 9.67. The Morgan fingerprint density at radius 1 is 0.592 bits per heavy atom. The van der Waals surface area contributed by atoms with Crippen molar-refractivity contribution in [2.24, 2.45) is 0 Å². The molecule has 3 N–H and O–H groups in total. The van der Waals surface area contributed by atoms with Gasteiger partial charge in [-0.1, -0.05) is 142 Å². The smallest absolute Gasteiger partial charge is 0.462 e. The summed E-state index contributed by atoms with van der Waals surface area (Å²) >= 11 is 0. The van der Waals surface area contributed by atoms with Crippen LogP contribution in [0.4, 0.5) is 0 Å². The maximum Gasteiger partial charge on any atom is 0.472 e. The highest BCUT2D eigenvalue weighted by atomic mass is 31.2. The van der Waals surface area contributed by atoms with Crippen molar-refractivity contribution >= 4 is 19.8 Å². The fraction of sp³-hybridized carbons (Fsp3) is 0.895. The van der Waals surface area contributed by atoms with E-state index < -0.39 is 51.8 Å². The predicted molar refractivity (Wildman–Crippen MR) is 196 cm³/mol. The van der Waals surface area contributed by atoms with Gasteiger partial charge in [0.15, 0.2) is 6.10 Å². The molecular formula is C38H73O10P. The summed E-state index contributed by atoms with van der Waals surface area (Å²) in [5, 5.41) is 18.3. The van der Waals surface area contributed by atoms with Gasteiger partial charge in [-0.2, -0.15) is 0 Å². The van der Waals surface area contributed by atoms with E-state index in [2.05, 4.69) is 30.5 Å². The van der Waals surface area contributed by atoms with Gasteiger partial charge in [0.05, 0.1) is 19.8 Å². The standard InChI is InChI=1S/C38H73O10P/c1-3-5-7-9-11-13-15-17-19-21-23-25-27-29-37(41)45-33-36(34-47-49(43,44)46-32-35(40)31-39)48-38(42)30-28-26-24-22-20-18-16-14-12-10-8-6-4-2/h14,16,35-36,39-40H,3-13,15,17-34H2,1-2H3,(H,43,44)/t35-,36+/m1/s1. The highest BCUT2D eigenvalue weighted by molar-refractivity contribution is 7.47. The molecule has 11 heteroatoms. The first-order valence-corrected chi connectivity index (χ1v) is 21.1. The van der Waals surface area contributed by atoms with Crippen molar-refractivity contribution in [2.75, 3.05) is 26.4 Å². The normalized spacial score (nSPS) is 14.1. The van der Waals surface area contributed by atoms with E-state index in [1.54, 1.807) is 0 Å². The number of aliphatic hydroxyl groups excluding tert-OH is 2. The number of ether oxygens (including phenoxy) is 2. The number of esters is 2. The fourth-order valence-corrected chi connectivity index (χ4v) is 6.13. The average Bonchev–Trinajstić information content (AvgIpc) is 3.09. The molecule has 290 valence electrons. The molecule has 0 saturated carbocycles. The number of unbranched alkanes of at least 4 members (excludes halogenated alkanes) is 21. The number of carbonyl (C=O) groups excluding carboxylic acids is 2. The molecule has 0 saturated heterocycles. The van der Waals surface area contributed by atoms with Gasteiger partial charge < -0.3 is 24.6 Å². The number of carbonyl (C=O) groups is 2. The zero-order valence-corrected chi connectivity index (χ0v) is 32.1. The summed E-state index contributed by atoms with van der Waals surface area (Å²) in [6.45, 7) is 2.35. The van der Waals surface area contributed by atoms with Crippen molar-refractivity contribution in [3.05, 3.63) is 12.2 Å². The van der Waals surface area contributed by atoms with Gasteiger partial charge >= 0.3 is 19.8 Å². The van der Waals surface area contributed by atoms with E-state index in [0.29, 0.717) is 12.8 Å². The largest absolute Gasteiger partial charge is 0.472 e. The van der Waals surface area contributed by atoms with Crippen molar-refractivity contribution in [3.8, 4) is 0 Å². The quantitative estimate of drug-likeness (QED) is 0.0245. The van der Waals surface area contributed by atoms with Gasteiger partial charge in [-0.15, -0.1) is 0 Å². The third kappa shape index (κ3) is 34.9. The van der Waals surface area contributed by atoms with Gasteiger partial charge in [-0.05, 0) is 38.5 Å². The summed E-state index contributed by atoms with van der Waals surface area (Å²) in [6, 6.07) is 0. The average molecular weight is 721 g/mol. The minimum Gasteiger partial charge on any atom is -0.462 e. The molecule has 49 heavy (non-hydrogen) atoms. The van der Waals surface area contributed by atoms with Gasteiger partial charge in [0, 0.05) is 12.8 Å². The van der Waals surface area contributed by atoms with Gasteiger partial charge in [-0.3, -0.25) is 18.6 Å². The molecule has 3 atom stereocenters. The Morgan fingerprint density at radius 3 is 1.49 bits per heavy atom. The molecule has 0 heterocycles. The Bertz CT molecular complexity index is 837. The van der Waals surface area contributed by atoms with Crippen LogP contribution in [0.5, 0.6) is 0 Å². The first kappa shape index (κ1) is 47.7. The van der Waals surface area contributed by atoms with Crippen LogP contribution in [0.25, 0.3) is 0 Å². The summed E-state index contributed by atoms with van der Waals surface area (Å²) in [5.74, 6) is -0.929.